The van der Waals surface area contributed by atoms with Crippen LogP contribution in [0.4, 0.5) is 0 Å². The van der Waals surface area contributed by atoms with Crippen molar-refractivity contribution < 1.29 is 9.63 Å². The van der Waals surface area contributed by atoms with E-state index in [9.17, 15) is 4.79 Å². The van der Waals surface area contributed by atoms with Gasteiger partial charge >= 0.3 is 5.91 Å². The fourth-order valence-corrected chi connectivity index (χ4v) is 1.90. The molecule has 0 bridgehead atoms. The van der Waals surface area contributed by atoms with Gasteiger partial charge in [0.2, 0.25) is 5.82 Å². The van der Waals surface area contributed by atoms with Crippen molar-refractivity contribution in [2.24, 2.45) is 5.73 Å². The fraction of sp³-hybridized carbons (Fsp3) is 0.636. The molecule has 1 aromatic heterocycles. The van der Waals surface area contributed by atoms with Crippen molar-refractivity contribution in [3.8, 4) is 0 Å². The van der Waals surface area contributed by atoms with Crippen LogP contribution in [0, 0.1) is 0 Å². The van der Waals surface area contributed by atoms with Crippen LogP contribution in [0.2, 0.25) is 0 Å². The van der Waals surface area contributed by atoms with Gasteiger partial charge in [-0.15, -0.1) is 0 Å². The largest absolute Gasteiger partial charge is 0.326 e. The molecule has 0 fully saturated rings. The minimum absolute atomic E-state index is 0.107. The third kappa shape index (κ3) is 2.83. The second-order valence-corrected chi connectivity index (χ2v) is 4.40. The molecule has 6 nitrogen and oxygen atoms in total. The minimum atomic E-state index is -0.307. The number of nitrogens with two attached hydrogens (primary N) is 1. The number of aromatic nitrogens is 2. The van der Waals surface area contributed by atoms with Gasteiger partial charge in [0.25, 0.3) is 0 Å². The van der Waals surface area contributed by atoms with Crippen molar-refractivity contribution in [1.82, 2.24) is 15.0 Å². The zero-order valence-corrected chi connectivity index (χ0v) is 9.98. The maximum Gasteiger partial charge on any atom is 0.310 e. The number of amides is 1. The van der Waals surface area contributed by atoms with E-state index in [-0.39, 0.29) is 11.9 Å². The number of imidazole rings is 1. The molecule has 2 heterocycles. The molecule has 1 aliphatic heterocycles. The Morgan fingerprint density at radius 3 is 3.29 bits per heavy atom. The summed E-state index contributed by atoms with van der Waals surface area (Å²) in [6, 6.07) is -0.107. The molecule has 1 aromatic rings. The molecule has 0 saturated carbocycles. The van der Waals surface area contributed by atoms with E-state index < -0.39 is 0 Å². The summed E-state index contributed by atoms with van der Waals surface area (Å²) in [5.74, 6) is 0.114. The maximum absolute atomic E-state index is 11.8. The van der Waals surface area contributed by atoms with Crippen LogP contribution in [0.1, 0.15) is 36.1 Å². The van der Waals surface area contributed by atoms with Crippen LogP contribution in [0.3, 0.4) is 0 Å². The van der Waals surface area contributed by atoms with Crippen LogP contribution < -0.4 is 11.2 Å². The van der Waals surface area contributed by atoms with E-state index in [0.717, 1.165) is 31.5 Å². The fourth-order valence-electron chi connectivity index (χ4n) is 1.90. The number of aryl methyl sites for hydroxylation is 1. The van der Waals surface area contributed by atoms with E-state index in [2.05, 4.69) is 10.5 Å². The Morgan fingerprint density at radius 1 is 1.71 bits per heavy atom. The van der Waals surface area contributed by atoms with Crippen LogP contribution in [0.5, 0.6) is 0 Å². The molecule has 3 N–H and O–H groups in total. The first-order valence-corrected chi connectivity index (χ1v) is 5.90. The highest BCUT2D eigenvalue weighted by Gasteiger charge is 2.19. The second-order valence-electron chi connectivity index (χ2n) is 4.40. The molecule has 1 aliphatic rings. The number of hydrogen-bond donors (Lipinski definition) is 2. The number of rotatable bonds is 4. The smallest absolute Gasteiger partial charge is 0.310 e. The first kappa shape index (κ1) is 12.1. The van der Waals surface area contributed by atoms with Gasteiger partial charge in [0.1, 0.15) is 0 Å². The lowest BCUT2D eigenvalue weighted by Crippen LogP contribution is -2.32. The molecule has 2 rings (SSSR count). The van der Waals surface area contributed by atoms with E-state index in [1.54, 1.807) is 6.20 Å². The highest BCUT2D eigenvalue weighted by Crippen LogP contribution is 2.16. The highest BCUT2D eigenvalue weighted by molar-refractivity contribution is 5.90. The maximum atomic E-state index is 11.8. The van der Waals surface area contributed by atoms with Crippen LogP contribution in [-0.4, -0.2) is 28.1 Å². The molecule has 0 saturated heterocycles. The Hall–Kier alpha value is -1.40. The Labute approximate surface area is 100 Å². The topological polar surface area (TPSA) is 82.2 Å². The van der Waals surface area contributed by atoms with Crippen molar-refractivity contribution in [1.29, 1.82) is 0 Å². The van der Waals surface area contributed by atoms with Gasteiger partial charge < -0.3 is 10.3 Å². The molecule has 6 heteroatoms. The standard InChI is InChI=1S/C11H18N4O2/c1-8(12)7-17-14-11(16)10-13-6-9-4-2-3-5-15(9)10/h6,8H,2-5,7,12H2,1H3,(H,14,16). The molecule has 94 valence electrons. The van der Waals surface area contributed by atoms with Crippen molar-refractivity contribution in [2.45, 2.75) is 38.8 Å². The van der Waals surface area contributed by atoms with E-state index in [1.165, 1.54) is 0 Å². The van der Waals surface area contributed by atoms with Gasteiger partial charge in [-0.05, 0) is 26.2 Å². The number of nitrogens with one attached hydrogen (secondary N) is 1. The van der Waals surface area contributed by atoms with Gasteiger partial charge in [0.05, 0.1) is 6.61 Å². The Morgan fingerprint density at radius 2 is 2.53 bits per heavy atom. The molecule has 1 unspecified atom stereocenters. The SMILES string of the molecule is CC(N)CONC(=O)c1ncc2n1CCCC2. The first-order valence-electron chi connectivity index (χ1n) is 5.90. The lowest BCUT2D eigenvalue weighted by Gasteiger charge is -2.16. The van der Waals surface area contributed by atoms with Crippen LogP contribution >= 0.6 is 0 Å². The molecular weight excluding hydrogens is 220 g/mol. The monoisotopic (exact) mass is 238 g/mol. The number of carbonyl (C=O) groups excluding carboxylic acids is 1. The molecule has 1 atom stereocenters. The predicted octanol–water partition coefficient (Wildman–Crippen LogP) is 0.228. The molecule has 0 aliphatic carbocycles. The molecule has 1 amide bonds. The molecule has 0 aromatic carbocycles. The summed E-state index contributed by atoms with van der Waals surface area (Å²) in [6.45, 7) is 2.95. The lowest BCUT2D eigenvalue weighted by molar-refractivity contribution is 0.0262. The summed E-state index contributed by atoms with van der Waals surface area (Å²) >= 11 is 0. The van der Waals surface area contributed by atoms with Crippen molar-refractivity contribution in [3.05, 3.63) is 17.7 Å². The van der Waals surface area contributed by atoms with Gasteiger partial charge in [0, 0.05) is 24.5 Å². The molecular formula is C11H18N4O2. The van der Waals surface area contributed by atoms with Gasteiger partial charge in [-0.3, -0.25) is 9.63 Å². The Balaban J connectivity index is 1.97. The number of nitrogens with zero attached hydrogens (tertiary/aromatic N) is 2. The van der Waals surface area contributed by atoms with Crippen molar-refractivity contribution >= 4 is 5.91 Å². The summed E-state index contributed by atoms with van der Waals surface area (Å²) in [7, 11) is 0. The van der Waals surface area contributed by atoms with Crippen LogP contribution in [-0.2, 0) is 17.8 Å². The van der Waals surface area contributed by atoms with Gasteiger partial charge in [0.15, 0.2) is 0 Å². The van der Waals surface area contributed by atoms with Crippen molar-refractivity contribution in [2.75, 3.05) is 6.61 Å². The summed E-state index contributed by atoms with van der Waals surface area (Å²) < 4.78 is 1.95. The Bertz CT molecular complexity index is 400. The third-order valence-corrected chi connectivity index (χ3v) is 2.72. The molecule has 17 heavy (non-hydrogen) atoms. The normalized spacial score (nSPS) is 16.4. The minimum Gasteiger partial charge on any atom is -0.326 e. The summed E-state index contributed by atoms with van der Waals surface area (Å²) in [4.78, 5) is 20.9. The second kappa shape index (κ2) is 5.29. The van der Waals surface area contributed by atoms with Gasteiger partial charge in [-0.2, -0.15) is 0 Å². The van der Waals surface area contributed by atoms with Gasteiger partial charge in [-0.1, -0.05) is 0 Å². The summed E-state index contributed by atoms with van der Waals surface area (Å²) in [5, 5.41) is 0. The van der Waals surface area contributed by atoms with Crippen LogP contribution in [0.15, 0.2) is 6.20 Å². The molecule has 0 radical (unpaired) electrons. The highest BCUT2D eigenvalue weighted by atomic mass is 16.7. The van der Waals surface area contributed by atoms with Crippen molar-refractivity contribution in [3.63, 3.8) is 0 Å². The lowest BCUT2D eigenvalue weighted by atomic mass is 10.1. The number of hydrogen-bond acceptors (Lipinski definition) is 4. The molecule has 0 spiro atoms. The summed E-state index contributed by atoms with van der Waals surface area (Å²) in [6.07, 6.45) is 5.00. The average Bonchev–Trinajstić information content (AvgIpc) is 2.72. The summed E-state index contributed by atoms with van der Waals surface area (Å²) in [5.41, 5.74) is 8.99. The number of fused-ring (bicyclic) bond motifs is 1. The third-order valence-electron chi connectivity index (χ3n) is 2.72. The van der Waals surface area contributed by atoms with E-state index in [4.69, 9.17) is 10.6 Å². The predicted molar refractivity (Wildman–Crippen MR) is 62.2 cm³/mol. The quantitative estimate of drug-likeness (QED) is 0.735. The number of hydroxylamine groups is 1. The zero-order valence-electron chi connectivity index (χ0n) is 9.98. The van der Waals surface area contributed by atoms with E-state index in [1.807, 2.05) is 11.5 Å². The number of carbonyl (C=O) groups is 1. The average molecular weight is 238 g/mol. The van der Waals surface area contributed by atoms with E-state index >= 15 is 0 Å². The Kier molecular flexibility index (Phi) is 3.75. The zero-order chi connectivity index (χ0) is 12.3. The van der Waals surface area contributed by atoms with E-state index in [0.29, 0.717) is 12.4 Å². The van der Waals surface area contributed by atoms with Crippen LogP contribution in [0.25, 0.3) is 0 Å². The van der Waals surface area contributed by atoms with Gasteiger partial charge in [-0.25, -0.2) is 10.5 Å². The first-order chi connectivity index (χ1) is 8.18.